The summed E-state index contributed by atoms with van der Waals surface area (Å²) in [6, 6.07) is 0. The van der Waals surface area contributed by atoms with Crippen LogP contribution >= 0.6 is 0 Å². The molecule has 0 saturated heterocycles. The van der Waals surface area contributed by atoms with Crippen LogP contribution in [0.2, 0.25) is 0 Å². The van der Waals surface area contributed by atoms with Gasteiger partial charge in [0.1, 0.15) is 0 Å². The topological polar surface area (TPSA) is 74.3 Å². The predicted molar refractivity (Wildman–Crippen MR) is 36.0 cm³/mol. The number of carbonyl (C=O) groups is 1. The maximum absolute atomic E-state index is 10.7. The molecule has 5 heteroatoms. The largest absolute Gasteiger partial charge is 0.550 e. The van der Waals surface area contributed by atoms with E-state index in [1.54, 1.807) is 0 Å². The van der Waals surface area contributed by atoms with Crippen LogP contribution in [0.5, 0.6) is 0 Å². The van der Waals surface area contributed by atoms with E-state index in [0.29, 0.717) is 0 Å². The molecule has 0 fully saturated rings. The molecule has 0 saturated carbocycles. The van der Waals surface area contributed by atoms with Crippen LogP contribution in [0.15, 0.2) is 11.5 Å². The van der Waals surface area contributed by atoms with E-state index >= 15 is 0 Å². The van der Waals surface area contributed by atoms with Crippen molar-refractivity contribution in [2.45, 2.75) is 6.42 Å². The maximum atomic E-state index is 10.7. The Morgan fingerprint density at radius 2 is 2.27 bits per heavy atom. The van der Waals surface area contributed by atoms with Crippen LogP contribution in [0.3, 0.4) is 0 Å². The van der Waals surface area contributed by atoms with Crippen LogP contribution in [0.1, 0.15) is 6.42 Å². The van der Waals surface area contributed by atoms with Gasteiger partial charge in [-0.2, -0.15) is 0 Å². The van der Waals surface area contributed by atoms with Crippen molar-refractivity contribution in [3.8, 4) is 0 Å². The van der Waals surface area contributed by atoms with Crippen molar-refractivity contribution in [3.05, 3.63) is 11.5 Å². The van der Waals surface area contributed by atoms with Crippen molar-refractivity contribution < 1.29 is 18.3 Å². The van der Waals surface area contributed by atoms with Gasteiger partial charge in [-0.3, -0.25) is 0 Å². The molecule has 62 valence electrons. The molecule has 1 aliphatic rings. The minimum atomic E-state index is -3.11. The van der Waals surface area contributed by atoms with E-state index in [1.165, 1.54) is 6.08 Å². The molecule has 4 nitrogen and oxygen atoms in total. The van der Waals surface area contributed by atoms with Gasteiger partial charge in [0.25, 0.3) is 0 Å². The molecular weight excluding hydrogens is 168 g/mol. The molecule has 0 radical (unpaired) electrons. The molecule has 0 amide bonds. The van der Waals surface area contributed by atoms with Crippen molar-refractivity contribution in [3.63, 3.8) is 0 Å². The van der Waals surface area contributed by atoms with E-state index in [-0.39, 0.29) is 12.2 Å². The van der Waals surface area contributed by atoms with Gasteiger partial charge in [-0.1, -0.05) is 6.08 Å². The minimum Gasteiger partial charge on any atom is -0.550 e. The van der Waals surface area contributed by atoms with Gasteiger partial charge in [0, 0.05) is 11.4 Å². The molecule has 0 bridgehead atoms. The second-order valence-corrected chi connectivity index (χ2v) is 4.43. The fourth-order valence-electron chi connectivity index (χ4n) is 0.981. The van der Waals surface area contributed by atoms with Crippen LogP contribution in [0, 0.1) is 5.92 Å². The van der Waals surface area contributed by atoms with Gasteiger partial charge in [0.15, 0.2) is 9.84 Å². The van der Waals surface area contributed by atoms with Crippen LogP contribution < -0.4 is 5.11 Å². The van der Waals surface area contributed by atoms with Gasteiger partial charge in [-0.25, -0.2) is 8.42 Å². The lowest BCUT2D eigenvalue weighted by Gasteiger charge is -2.05. The summed E-state index contributed by atoms with van der Waals surface area (Å²) < 4.78 is 21.4. The maximum Gasteiger partial charge on any atom is 0.171 e. The fourth-order valence-corrected chi connectivity index (χ4v) is 2.38. The van der Waals surface area contributed by atoms with Crippen molar-refractivity contribution in [1.29, 1.82) is 0 Å². The first-order valence-electron chi connectivity index (χ1n) is 3.10. The average Bonchev–Trinajstić information content (AvgIpc) is 2.08. The third-order valence-corrected chi connectivity index (χ3v) is 2.90. The Kier molecular flexibility index (Phi) is 1.99. The summed E-state index contributed by atoms with van der Waals surface area (Å²) >= 11 is 0. The van der Waals surface area contributed by atoms with E-state index in [1.807, 2.05) is 0 Å². The molecule has 0 aromatic carbocycles. The Labute approximate surface area is 64.4 Å². The minimum absolute atomic E-state index is 0.0962. The second kappa shape index (κ2) is 2.65. The zero-order valence-electron chi connectivity index (χ0n) is 5.69. The SMILES string of the molecule is O=C([O-])C[C@H]1C=CS(=O)(=O)C1. The third-order valence-electron chi connectivity index (χ3n) is 1.43. The van der Waals surface area contributed by atoms with Crippen molar-refractivity contribution >= 4 is 15.8 Å². The first-order chi connectivity index (χ1) is 4.99. The van der Waals surface area contributed by atoms with Crippen molar-refractivity contribution in [2.24, 2.45) is 5.92 Å². The Bertz CT molecular complexity index is 288. The smallest absolute Gasteiger partial charge is 0.171 e. The first-order valence-corrected chi connectivity index (χ1v) is 4.82. The number of carbonyl (C=O) groups excluding carboxylic acids is 1. The second-order valence-electron chi connectivity index (χ2n) is 2.49. The molecule has 1 heterocycles. The highest BCUT2D eigenvalue weighted by atomic mass is 32.2. The molecular formula is C6H7O4S-. The number of allylic oxidation sites excluding steroid dienone is 1. The first kappa shape index (κ1) is 8.26. The molecule has 1 atom stereocenters. The Hall–Kier alpha value is -0.840. The highest BCUT2D eigenvalue weighted by Gasteiger charge is 2.21. The monoisotopic (exact) mass is 175 g/mol. The van der Waals surface area contributed by atoms with E-state index in [2.05, 4.69) is 0 Å². The molecule has 0 spiro atoms. The molecule has 1 rings (SSSR count). The quantitative estimate of drug-likeness (QED) is 0.522. The standard InChI is InChI=1S/C6H8O4S/c7-6(8)3-5-1-2-11(9,10)4-5/h1-2,5H,3-4H2,(H,7,8)/p-1/t5-/m1/s1. The summed E-state index contributed by atoms with van der Waals surface area (Å²) in [6.45, 7) is 0. The van der Waals surface area contributed by atoms with E-state index in [0.717, 1.165) is 5.41 Å². The zero-order chi connectivity index (χ0) is 8.48. The zero-order valence-corrected chi connectivity index (χ0v) is 6.50. The predicted octanol–water partition coefficient (Wildman–Crippen LogP) is -1.32. The molecule has 0 N–H and O–H groups in total. The lowest BCUT2D eigenvalue weighted by molar-refractivity contribution is -0.306. The highest BCUT2D eigenvalue weighted by Crippen LogP contribution is 2.17. The molecule has 1 aliphatic heterocycles. The number of aliphatic carboxylic acids is 1. The van der Waals surface area contributed by atoms with Crippen LogP contribution in [-0.4, -0.2) is 20.1 Å². The van der Waals surface area contributed by atoms with Gasteiger partial charge < -0.3 is 9.90 Å². The number of rotatable bonds is 2. The van der Waals surface area contributed by atoms with Gasteiger partial charge in [0.05, 0.1) is 5.75 Å². The fraction of sp³-hybridized carbons (Fsp3) is 0.500. The van der Waals surface area contributed by atoms with Gasteiger partial charge >= 0.3 is 0 Å². The summed E-state index contributed by atoms with van der Waals surface area (Å²) in [6.07, 6.45) is 1.18. The summed E-state index contributed by atoms with van der Waals surface area (Å²) in [7, 11) is -3.11. The normalized spacial score (nSPS) is 27.1. The number of hydrogen-bond donors (Lipinski definition) is 0. The summed E-state index contributed by atoms with van der Waals surface area (Å²) in [4.78, 5) is 10.0. The van der Waals surface area contributed by atoms with Gasteiger partial charge in [-0.05, 0) is 12.3 Å². The van der Waals surface area contributed by atoms with E-state index in [4.69, 9.17) is 0 Å². The molecule has 11 heavy (non-hydrogen) atoms. The molecule has 0 aromatic heterocycles. The summed E-state index contributed by atoms with van der Waals surface area (Å²) in [5.41, 5.74) is 0. The van der Waals surface area contributed by atoms with Crippen molar-refractivity contribution in [1.82, 2.24) is 0 Å². The number of carboxylic acids is 1. The molecule has 0 aromatic rings. The van der Waals surface area contributed by atoms with E-state index < -0.39 is 21.7 Å². The van der Waals surface area contributed by atoms with Gasteiger partial charge in [0.2, 0.25) is 0 Å². The molecule has 0 unspecified atom stereocenters. The number of sulfone groups is 1. The third kappa shape index (κ3) is 2.34. The van der Waals surface area contributed by atoms with Crippen LogP contribution in [-0.2, 0) is 14.6 Å². The van der Waals surface area contributed by atoms with Crippen LogP contribution in [0.4, 0.5) is 0 Å². The Balaban J connectivity index is 2.58. The van der Waals surface area contributed by atoms with Crippen molar-refractivity contribution in [2.75, 3.05) is 5.75 Å². The molecule has 0 aliphatic carbocycles. The summed E-state index contributed by atoms with van der Waals surface area (Å²) in [5, 5.41) is 11.1. The van der Waals surface area contributed by atoms with Crippen LogP contribution in [0.25, 0.3) is 0 Å². The van der Waals surface area contributed by atoms with Gasteiger partial charge in [-0.15, -0.1) is 0 Å². The lowest BCUT2D eigenvalue weighted by atomic mass is 10.1. The highest BCUT2D eigenvalue weighted by molar-refractivity contribution is 7.94. The lowest BCUT2D eigenvalue weighted by Crippen LogP contribution is -2.25. The average molecular weight is 175 g/mol. The summed E-state index contributed by atoms with van der Waals surface area (Å²) in [5.74, 6) is -1.71. The van der Waals surface area contributed by atoms with E-state index in [9.17, 15) is 18.3 Å². The number of carboxylic acid groups (broad SMARTS) is 1. The Morgan fingerprint density at radius 3 is 2.64 bits per heavy atom. The number of hydrogen-bond acceptors (Lipinski definition) is 4. The Morgan fingerprint density at radius 1 is 1.64 bits per heavy atom.